The van der Waals surface area contributed by atoms with E-state index in [2.05, 4.69) is 0 Å². The fraction of sp³-hybridized carbons (Fsp3) is 0.667. The van der Waals surface area contributed by atoms with E-state index >= 15 is 0 Å². The van der Waals surface area contributed by atoms with Crippen LogP contribution in [0.2, 0.25) is 0 Å². The van der Waals surface area contributed by atoms with Crippen molar-refractivity contribution in [2.24, 2.45) is 0 Å². The molecule has 0 aliphatic carbocycles. The lowest BCUT2D eigenvalue weighted by Crippen LogP contribution is -2.43. The van der Waals surface area contributed by atoms with Crippen molar-refractivity contribution in [1.29, 1.82) is 0 Å². The number of carboxylic acids is 2. The summed E-state index contributed by atoms with van der Waals surface area (Å²) in [4.78, 5) is 20.6. The maximum Gasteiger partial charge on any atom is 0.335 e. The molecule has 1 aliphatic rings. The van der Waals surface area contributed by atoms with E-state index in [9.17, 15) is 9.59 Å². The molecule has 1 heterocycles. The normalized spacial score (nSPS) is 29.7. The van der Waals surface area contributed by atoms with Crippen molar-refractivity contribution in [3.8, 4) is 0 Å². The van der Waals surface area contributed by atoms with Gasteiger partial charge in [-0.1, -0.05) is 0 Å². The van der Waals surface area contributed by atoms with E-state index in [-0.39, 0.29) is 13.2 Å². The van der Waals surface area contributed by atoms with Gasteiger partial charge < -0.3 is 19.7 Å². The molecule has 0 aromatic carbocycles. The zero-order valence-electron chi connectivity index (χ0n) is 6.10. The minimum Gasteiger partial charge on any atom is -0.479 e. The first kappa shape index (κ1) is 8.95. The molecule has 0 spiro atoms. The number of hydrogen-bond donors (Lipinski definition) is 2. The van der Waals surface area contributed by atoms with Gasteiger partial charge in [0.25, 0.3) is 0 Å². The van der Waals surface area contributed by atoms with E-state index in [1.165, 1.54) is 0 Å². The zero-order valence-corrected chi connectivity index (χ0v) is 6.10. The van der Waals surface area contributed by atoms with Crippen LogP contribution < -0.4 is 0 Å². The summed E-state index contributed by atoms with van der Waals surface area (Å²) in [6.07, 6.45) is -2.08. The molecule has 2 N–H and O–H groups in total. The first-order valence-electron chi connectivity index (χ1n) is 3.30. The van der Waals surface area contributed by atoms with Crippen LogP contribution in [0.3, 0.4) is 0 Å². The van der Waals surface area contributed by atoms with Crippen molar-refractivity contribution in [3.63, 3.8) is 0 Å². The Hall–Kier alpha value is -1.14. The summed E-state index contributed by atoms with van der Waals surface area (Å²) in [5.41, 5.74) is 0. The van der Waals surface area contributed by atoms with Crippen LogP contribution in [0, 0.1) is 0 Å². The van der Waals surface area contributed by atoms with Crippen molar-refractivity contribution in [2.75, 3.05) is 13.2 Å². The van der Waals surface area contributed by atoms with Gasteiger partial charge in [-0.3, -0.25) is 0 Å². The Bertz CT molecular complexity index is 170. The first-order valence-corrected chi connectivity index (χ1v) is 3.30. The van der Waals surface area contributed by atoms with E-state index in [4.69, 9.17) is 19.7 Å². The van der Waals surface area contributed by atoms with Gasteiger partial charge in [0.2, 0.25) is 0 Å². The van der Waals surface area contributed by atoms with Gasteiger partial charge in [-0.05, 0) is 0 Å². The SMILES string of the molecule is O=C(O)[C@@H]1CO[C@H](C(=O)O)CO1. The molecule has 0 aromatic heterocycles. The minimum absolute atomic E-state index is 0.216. The van der Waals surface area contributed by atoms with Crippen LogP contribution in [0.15, 0.2) is 0 Å². The number of rotatable bonds is 2. The fourth-order valence-corrected chi connectivity index (χ4v) is 0.788. The van der Waals surface area contributed by atoms with Gasteiger partial charge in [0.05, 0.1) is 13.2 Å². The zero-order chi connectivity index (χ0) is 9.14. The Morgan fingerprint density at radius 2 is 1.33 bits per heavy atom. The van der Waals surface area contributed by atoms with E-state index in [1.54, 1.807) is 0 Å². The molecule has 6 nitrogen and oxygen atoms in total. The second kappa shape index (κ2) is 3.51. The number of ether oxygens (including phenoxy) is 2. The monoisotopic (exact) mass is 176 g/mol. The summed E-state index contributed by atoms with van der Waals surface area (Å²) < 4.78 is 9.42. The topological polar surface area (TPSA) is 93.1 Å². The van der Waals surface area contributed by atoms with Gasteiger partial charge in [0, 0.05) is 0 Å². The Labute approximate surface area is 67.7 Å². The van der Waals surface area contributed by atoms with Crippen LogP contribution in [0.1, 0.15) is 0 Å². The Morgan fingerprint density at radius 1 is 1.00 bits per heavy atom. The minimum atomic E-state index is -1.14. The highest BCUT2D eigenvalue weighted by Crippen LogP contribution is 2.07. The van der Waals surface area contributed by atoms with Gasteiger partial charge in [0.15, 0.2) is 12.2 Å². The molecule has 0 saturated carbocycles. The van der Waals surface area contributed by atoms with Crippen LogP contribution in [0.4, 0.5) is 0 Å². The maximum absolute atomic E-state index is 10.3. The number of carboxylic acid groups (broad SMARTS) is 2. The molecule has 1 rings (SSSR count). The van der Waals surface area contributed by atoms with E-state index in [0.717, 1.165) is 0 Å². The van der Waals surface area contributed by atoms with Crippen LogP contribution in [-0.4, -0.2) is 47.6 Å². The Morgan fingerprint density at radius 3 is 1.50 bits per heavy atom. The average Bonchev–Trinajstić information content (AvgIpc) is 2.04. The highest BCUT2D eigenvalue weighted by atomic mass is 16.6. The molecule has 68 valence electrons. The molecule has 2 atom stereocenters. The maximum atomic E-state index is 10.3. The fourth-order valence-electron chi connectivity index (χ4n) is 0.788. The molecule has 6 heteroatoms. The molecule has 12 heavy (non-hydrogen) atoms. The number of carbonyl (C=O) groups is 2. The molecule has 0 unspecified atom stereocenters. The third kappa shape index (κ3) is 1.93. The highest BCUT2D eigenvalue weighted by Gasteiger charge is 2.30. The Balaban J connectivity index is 2.39. The first-order chi connectivity index (χ1) is 5.61. The molecular weight excluding hydrogens is 168 g/mol. The van der Waals surface area contributed by atoms with Gasteiger partial charge in [-0.2, -0.15) is 0 Å². The summed E-state index contributed by atoms with van der Waals surface area (Å²) in [6.45, 7) is -0.432. The third-order valence-electron chi connectivity index (χ3n) is 1.45. The lowest BCUT2D eigenvalue weighted by atomic mass is 10.3. The average molecular weight is 176 g/mol. The smallest absolute Gasteiger partial charge is 0.335 e. The second-order valence-corrected chi connectivity index (χ2v) is 2.32. The van der Waals surface area contributed by atoms with E-state index < -0.39 is 24.1 Å². The van der Waals surface area contributed by atoms with Gasteiger partial charge in [-0.25, -0.2) is 9.59 Å². The molecular formula is C6H8O6. The van der Waals surface area contributed by atoms with Gasteiger partial charge in [0.1, 0.15) is 0 Å². The molecule has 0 radical (unpaired) electrons. The standard InChI is InChI=1S/C6H8O6/c7-5(8)3-1-11-4(2-12-3)6(9)10/h3-4H,1-2H2,(H,7,8)(H,9,10)/t3-,4-/m0/s1. The lowest BCUT2D eigenvalue weighted by molar-refractivity contribution is -0.187. The predicted octanol–water partition coefficient (Wildman–Crippen LogP) is -1.06. The lowest BCUT2D eigenvalue weighted by Gasteiger charge is -2.24. The van der Waals surface area contributed by atoms with E-state index in [1.807, 2.05) is 0 Å². The van der Waals surface area contributed by atoms with E-state index in [0.29, 0.717) is 0 Å². The summed E-state index contributed by atoms with van der Waals surface area (Å²) in [5.74, 6) is -2.28. The molecule has 1 aliphatic heterocycles. The molecule has 0 bridgehead atoms. The summed E-state index contributed by atoms with van der Waals surface area (Å²) in [5, 5.41) is 16.8. The third-order valence-corrected chi connectivity index (χ3v) is 1.45. The second-order valence-electron chi connectivity index (χ2n) is 2.32. The largest absolute Gasteiger partial charge is 0.479 e. The molecule has 1 saturated heterocycles. The van der Waals surface area contributed by atoms with Crippen LogP contribution in [0.25, 0.3) is 0 Å². The molecule has 1 fully saturated rings. The van der Waals surface area contributed by atoms with Crippen molar-refractivity contribution >= 4 is 11.9 Å². The summed E-state index contributed by atoms with van der Waals surface area (Å²) in [7, 11) is 0. The van der Waals surface area contributed by atoms with Crippen molar-refractivity contribution in [1.82, 2.24) is 0 Å². The number of aliphatic carboxylic acids is 2. The van der Waals surface area contributed by atoms with Crippen LogP contribution in [-0.2, 0) is 19.1 Å². The molecule has 0 aromatic rings. The van der Waals surface area contributed by atoms with Crippen molar-refractivity contribution in [2.45, 2.75) is 12.2 Å². The Kier molecular flexibility index (Phi) is 2.61. The summed E-state index contributed by atoms with van der Waals surface area (Å²) in [6, 6.07) is 0. The van der Waals surface area contributed by atoms with Crippen molar-refractivity contribution in [3.05, 3.63) is 0 Å². The quantitative estimate of drug-likeness (QED) is 0.557. The predicted molar refractivity (Wildman–Crippen MR) is 34.8 cm³/mol. The number of hydrogen-bond acceptors (Lipinski definition) is 4. The molecule has 0 amide bonds. The van der Waals surface area contributed by atoms with Gasteiger partial charge >= 0.3 is 11.9 Å². The van der Waals surface area contributed by atoms with Crippen molar-refractivity contribution < 1.29 is 29.3 Å². The summed E-state index contributed by atoms with van der Waals surface area (Å²) >= 11 is 0. The van der Waals surface area contributed by atoms with Crippen LogP contribution >= 0.6 is 0 Å². The van der Waals surface area contributed by atoms with Crippen LogP contribution in [0.5, 0.6) is 0 Å². The highest BCUT2D eigenvalue weighted by molar-refractivity contribution is 5.74. The van der Waals surface area contributed by atoms with Gasteiger partial charge in [-0.15, -0.1) is 0 Å².